The predicted molar refractivity (Wildman–Crippen MR) is 78.1 cm³/mol. The van der Waals surface area contributed by atoms with Crippen LogP contribution in [0.25, 0.3) is 0 Å². The first-order valence-corrected chi connectivity index (χ1v) is 7.07. The zero-order chi connectivity index (χ0) is 17.9. The third kappa shape index (κ3) is 6.11. The average Bonchev–Trinajstić information content (AvgIpc) is 2.50. The summed E-state index contributed by atoms with van der Waals surface area (Å²) in [6.07, 6.45) is -5.61. The van der Waals surface area contributed by atoms with E-state index >= 15 is 0 Å². The van der Waals surface area contributed by atoms with Gasteiger partial charge in [-0.15, -0.1) is 0 Å². The minimum Gasteiger partial charge on any atom is -0.546 e. The van der Waals surface area contributed by atoms with Crippen LogP contribution in [0.15, 0.2) is 42.5 Å². The normalized spacial score (nSPS) is 12.0. The topological polar surface area (TPSA) is 58.6 Å². The van der Waals surface area contributed by atoms with E-state index in [0.29, 0.717) is 5.75 Å². The number of carboxylic acids is 1. The monoisotopic (exact) mass is 382 g/mol. The van der Waals surface area contributed by atoms with Gasteiger partial charge in [-0.2, -0.15) is 13.2 Å². The molecular formula is C16H11ClF3NaO4. The van der Waals surface area contributed by atoms with Crippen LogP contribution < -0.4 is 44.1 Å². The summed E-state index contributed by atoms with van der Waals surface area (Å²) in [6, 6.07) is 8.58. The van der Waals surface area contributed by atoms with Gasteiger partial charge in [-0.05, 0) is 49.4 Å². The molecule has 0 aliphatic rings. The number of aliphatic carboxylic acids is 1. The van der Waals surface area contributed by atoms with Gasteiger partial charge in [0.15, 0.2) is 0 Å². The fraction of sp³-hybridized carbons (Fsp3) is 0.188. The second kappa shape index (κ2) is 8.80. The second-order valence-corrected chi connectivity index (χ2v) is 5.20. The van der Waals surface area contributed by atoms with E-state index in [1.807, 2.05) is 0 Å². The quantitative estimate of drug-likeness (QED) is 0.713. The third-order valence-corrected chi connectivity index (χ3v) is 3.25. The molecule has 0 spiro atoms. The molecule has 0 aromatic heterocycles. The summed E-state index contributed by atoms with van der Waals surface area (Å²) in [4.78, 5) is 10.6. The van der Waals surface area contributed by atoms with Gasteiger partial charge in [0, 0.05) is 0 Å². The first-order chi connectivity index (χ1) is 11.2. The Balaban J connectivity index is 0.00000312. The molecule has 2 aromatic rings. The summed E-state index contributed by atoms with van der Waals surface area (Å²) in [5.41, 5.74) is -0.875. The summed E-state index contributed by atoms with van der Waals surface area (Å²) in [5, 5.41) is 10.4. The van der Waals surface area contributed by atoms with Crippen LogP contribution in [-0.4, -0.2) is 12.1 Å². The molecule has 0 saturated carbocycles. The molecule has 0 bridgehead atoms. The van der Waals surface area contributed by atoms with E-state index < -0.39 is 23.8 Å². The van der Waals surface area contributed by atoms with Gasteiger partial charge in [-0.3, -0.25) is 0 Å². The summed E-state index contributed by atoms with van der Waals surface area (Å²) < 4.78 is 48.2. The van der Waals surface area contributed by atoms with Crippen LogP contribution in [0, 0.1) is 0 Å². The smallest absolute Gasteiger partial charge is 0.546 e. The van der Waals surface area contributed by atoms with E-state index in [2.05, 4.69) is 0 Å². The number of carbonyl (C=O) groups excluding carboxylic acids is 1. The summed E-state index contributed by atoms with van der Waals surface area (Å²) in [5.74, 6) is -0.726. The van der Waals surface area contributed by atoms with E-state index in [9.17, 15) is 23.1 Å². The third-order valence-electron chi connectivity index (χ3n) is 2.96. The molecular weight excluding hydrogens is 372 g/mol. The van der Waals surface area contributed by atoms with Gasteiger partial charge in [-0.25, -0.2) is 0 Å². The maximum absolute atomic E-state index is 12.6. The SMILES string of the molecule is CC(Oc1ccc(Oc2ccc(C(F)(F)F)cc2Cl)cc1)C(=O)[O-].[Na+]. The standard InChI is InChI=1S/C16H12ClF3O4.Na/c1-9(15(21)22)23-11-3-5-12(6-4-11)24-14-7-2-10(8-13(14)17)16(18,19)20;/h2-9H,1H3,(H,21,22);/q;+1/p-1. The van der Waals surface area contributed by atoms with Gasteiger partial charge in [0.25, 0.3) is 0 Å². The molecule has 0 saturated heterocycles. The summed E-state index contributed by atoms with van der Waals surface area (Å²) >= 11 is 5.80. The van der Waals surface area contributed by atoms with E-state index in [1.165, 1.54) is 31.2 Å². The molecule has 0 radical (unpaired) electrons. The van der Waals surface area contributed by atoms with Crippen molar-refractivity contribution in [3.63, 3.8) is 0 Å². The first kappa shape index (κ1) is 21.6. The molecule has 0 aliphatic heterocycles. The van der Waals surface area contributed by atoms with Crippen molar-refractivity contribution in [1.82, 2.24) is 0 Å². The van der Waals surface area contributed by atoms with Crippen LogP contribution in [0.1, 0.15) is 12.5 Å². The van der Waals surface area contributed by atoms with Crippen molar-refractivity contribution < 1.29 is 62.1 Å². The summed E-state index contributed by atoms with van der Waals surface area (Å²) in [7, 11) is 0. The van der Waals surface area contributed by atoms with Crippen LogP contribution in [0.3, 0.4) is 0 Å². The van der Waals surface area contributed by atoms with Crippen molar-refractivity contribution in [2.75, 3.05) is 0 Å². The van der Waals surface area contributed by atoms with Crippen molar-refractivity contribution >= 4 is 17.6 Å². The van der Waals surface area contributed by atoms with Gasteiger partial charge >= 0.3 is 35.7 Å². The summed E-state index contributed by atoms with van der Waals surface area (Å²) in [6.45, 7) is 1.32. The van der Waals surface area contributed by atoms with E-state index in [-0.39, 0.29) is 46.1 Å². The van der Waals surface area contributed by atoms with Crippen LogP contribution in [0.5, 0.6) is 17.2 Å². The molecule has 0 fully saturated rings. The number of alkyl halides is 3. The zero-order valence-corrected chi connectivity index (χ0v) is 16.0. The number of ether oxygens (including phenoxy) is 2. The van der Waals surface area contributed by atoms with Crippen molar-refractivity contribution in [1.29, 1.82) is 0 Å². The molecule has 4 nitrogen and oxygen atoms in total. The van der Waals surface area contributed by atoms with Crippen molar-refractivity contribution in [2.45, 2.75) is 19.2 Å². The number of halogens is 4. The molecule has 2 aromatic carbocycles. The Labute approximate surface area is 168 Å². The fourth-order valence-corrected chi connectivity index (χ4v) is 1.94. The van der Waals surface area contributed by atoms with E-state index in [4.69, 9.17) is 21.1 Å². The first-order valence-electron chi connectivity index (χ1n) is 6.69. The fourth-order valence-electron chi connectivity index (χ4n) is 1.73. The molecule has 0 heterocycles. The molecule has 0 amide bonds. The molecule has 2 rings (SSSR count). The van der Waals surface area contributed by atoms with Crippen molar-refractivity contribution in [2.24, 2.45) is 0 Å². The van der Waals surface area contributed by atoms with E-state index in [0.717, 1.165) is 18.2 Å². The Morgan fingerprint density at radius 3 is 2.16 bits per heavy atom. The number of carboxylic acid groups (broad SMARTS) is 1. The van der Waals surface area contributed by atoms with E-state index in [1.54, 1.807) is 0 Å². The molecule has 25 heavy (non-hydrogen) atoms. The number of carbonyl (C=O) groups is 1. The van der Waals surface area contributed by atoms with Gasteiger partial charge in [0.1, 0.15) is 23.4 Å². The molecule has 9 heteroatoms. The number of hydrogen-bond donors (Lipinski definition) is 0. The molecule has 1 unspecified atom stereocenters. The van der Waals surface area contributed by atoms with Crippen LogP contribution in [0.4, 0.5) is 13.2 Å². The minimum atomic E-state index is -4.49. The maximum Gasteiger partial charge on any atom is 1.00 e. The molecule has 1 atom stereocenters. The Hall–Kier alpha value is -1.41. The van der Waals surface area contributed by atoms with Crippen molar-refractivity contribution in [3.8, 4) is 17.2 Å². The Kier molecular flexibility index (Phi) is 7.62. The molecule has 0 N–H and O–H groups in total. The Morgan fingerprint density at radius 2 is 1.68 bits per heavy atom. The van der Waals surface area contributed by atoms with Crippen LogP contribution >= 0.6 is 11.6 Å². The second-order valence-electron chi connectivity index (χ2n) is 4.80. The Bertz CT molecular complexity index is 735. The van der Waals surface area contributed by atoms with Crippen molar-refractivity contribution in [3.05, 3.63) is 53.1 Å². The van der Waals surface area contributed by atoms with Gasteiger partial charge in [-0.1, -0.05) is 11.6 Å². The molecule has 128 valence electrons. The minimum absolute atomic E-state index is 0. The molecule has 0 aliphatic carbocycles. The van der Waals surface area contributed by atoms with Crippen LogP contribution in [0.2, 0.25) is 5.02 Å². The predicted octanol–water partition coefficient (Wildman–Crippen LogP) is 0.672. The maximum atomic E-state index is 12.6. The average molecular weight is 383 g/mol. The Morgan fingerprint density at radius 1 is 1.12 bits per heavy atom. The van der Waals surface area contributed by atoms with Gasteiger partial charge in [0.2, 0.25) is 0 Å². The number of rotatable bonds is 5. The number of benzene rings is 2. The number of hydrogen-bond acceptors (Lipinski definition) is 4. The largest absolute Gasteiger partial charge is 1.00 e. The van der Waals surface area contributed by atoms with Gasteiger partial charge < -0.3 is 19.4 Å². The zero-order valence-electron chi connectivity index (χ0n) is 13.3. The van der Waals surface area contributed by atoms with Crippen LogP contribution in [-0.2, 0) is 11.0 Å². The van der Waals surface area contributed by atoms with Gasteiger partial charge in [0.05, 0.1) is 16.6 Å².